The number of aromatic nitrogens is 3. The average molecular weight is 352 g/mol. The van der Waals surface area contributed by atoms with Crippen LogP contribution >= 0.6 is 0 Å². The quantitative estimate of drug-likeness (QED) is 0.862. The van der Waals surface area contributed by atoms with E-state index in [1.54, 1.807) is 7.05 Å². The summed E-state index contributed by atoms with van der Waals surface area (Å²) in [6, 6.07) is 4.20. The zero-order valence-electron chi connectivity index (χ0n) is 13.7. The molecule has 6 nitrogen and oxygen atoms in total. The molecule has 2 aromatic rings. The molecule has 2 N–H and O–H groups in total. The van der Waals surface area contributed by atoms with Crippen molar-refractivity contribution in [1.82, 2.24) is 15.0 Å². The average Bonchev–Trinajstić information content (AvgIpc) is 3.08. The summed E-state index contributed by atoms with van der Waals surface area (Å²) in [7, 11) is 1.77. The number of hydrogen-bond donors (Lipinski definition) is 2. The van der Waals surface area contributed by atoms with E-state index in [-0.39, 0.29) is 11.9 Å². The summed E-state index contributed by atoms with van der Waals surface area (Å²) in [4.78, 5) is 14.3. The highest BCUT2D eigenvalue weighted by Crippen LogP contribution is 2.33. The fourth-order valence-electron chi connectivity index (χ4n) is 2.98. The lowest BCUT2D eigenvalue weighted by molar-refractivity contribution is -0.137. The van der Waals surface area contributed by atoms with Crippen LogP contribution in [0.5, 0.6) is 0 Å². The SMILES string of the molecule is CNc1cc(N2CCCC2CNc2ncccc2C(F)(F)F)ncn1. The maximum absolute atomic E-state index is 13.1. The summed E-state index contributed by atoms with van der Waals surface area (Å²) in [5.74, 6) is 1.33. The van der Waals surface area contributed by atoms with Crippen molar-refractivity contribution in [2.75, 3.05) is 35.7 Å². The van der Waals surface area contributed by atoms with E-state index in [2.05, 4.69) is 30.5 Å². The molecule has 134 valence electrons. The molecule has 25 heavy (non-hydrogen) atoms. The monoisotopic (exact) mass is 352 g/mol. The Hall–Kier alpha value is -2.58. The number of nitrogens with one attached hydrogen (secondary N) is 2. The largest absolute Gasteiger partial charge is 0.419 e. The molecule has 0 spiro atoms. The first-order chi connectivity index (χ1) is 12.0. The van der Waals surface area contributed by atoms with Crippen molar-refractivity contribution in [1.29, 1.82) is 0 Å². The standard InChI is InChI=1S/C16H19F3N6/c1-20-13-8-14(24-10-23-13)25-7-3-4-11(25)9-22-15-12(16(17,18)19)5-2-6-21-15/h2,5-6,8,10-11H,3-4,7,9H2,1H3,(H,21,22)(H,20,23,24). The van der Waals surface area contributed by atoms with E-state index in [0.29, 0.717) is 12.4 Å². The molecule has 0 bridgehead atoms. The molecule has 1 aliphatic heterocycles. The van der Waals surface area contributed by atoms with E-state index < -0.39 is 11.7 Å². The van der Waals surface area contributed by atoms with E-state index in [1.165, 1.54) is 18.6 Å². The van der Waals surface area contributed by atoms with E-state index in [1.807, 2.05) is 6.07 Å². The van der Waals surface area contributed by atoms with Gasteiger partial charge in [0, 0.05) is 38.4 Å². The van der Waals surface area contributed by atoms with Gasteiger partial charge < -0.3 is 15.5 Å². The Morgan fingerprint density at radius 1 is 1.28 bits per heavy atom. The second kappa shape index (κ2) is 7.12. The Kier molecular flexibility index (Phi) is 4.91. The van der Waals surface area contributed by atoms with Crippen LogP contribution in [0.15, 0.2) is 30.7 Å². The first kappa shape index (κ1) is 17.2. The predicted octanol–water partition coefficient (Wildman–Crippen LogP) is 3.01. The summed E-state index contributed by atoms with van der Waals surface area (Å²) >= 11 is 0. The first-order valence-corrected chi connectivity index (χ1v) is 8.01. The van der Waals surface area contributed by atoms with Crippen LogP contribution in [-0.4, -0.2) is 41.1 Å². The Morgan fingerprint density at radius 2 is 2.12 bits per heavy atom. The van der Waals surface area contributed by atoms with Gasteiger partial charge >= 0.3 is 6.18 Å². The van der Waals surface area contributed by atoms with Crippen LogP contribution in [0.4, 0.5) is 30.6 Å². The lowest BCUT2D eigenvalue weighted by Crippen LogP contribution is -2.36. The van der Waals surface area contributed by atoms with Crippen LogP contribution in [0.25, 0.3) is 0 Å². The van der Waals surface area contributed by atoms with Crippen molar-refractivity contribution in [2.45, 2.75) is 25.1 Å². The number of hydrogen-bond acceptors (Lipinski definition) is 6. The van der Waals surface area contributed by atoms with Gasteiger partial charge in [-0.25, -0.2) is 15.0 Å². The number of pyridine rings is 1. The van der Waals surface area contributed by atoms with Gasteiger partial charge in [-0.2, -0.15) is 13.2 Å². The predicted molar refractivity (Wildman–Crippen MR) is 89.7 cm³/mol. The van der Waals surface area contributed by atoms with E-state index in [9.17, 15) is 13.2 Å². The number of alkyl halides is 3. The third kappa shape index (κ3) is 3.92. The molecule has 1 aliphatic rings. The van der Waals surface area contributed by atoms with E-state index >= 15 is 0 Å². The molecular formula is C16H19F3N6. The van der Waals surface area contributed by atoms with Crippen LogP contribution < -0.4 is 15.5 Å². The minimum atomic E-state index is -4.43. The normalized spacial score (nSPS) is 17.6. The van der Waals surface area contributed by atoms with Gasteiger partial charge in [-0.15, -0.1) is 0 Å². The Morgan fingerprint density at radius 3 is 2.88 bits per heavy atom. The van der Waals surface area contributed by atoms with Gasteiger partial charge in [-0.05, 0) is 25.0 Å². The summed E-state index contributed by atoms with van der Waals surface area (Å²) < 4.78 is 39.2. The van der Waals surface area contributed by atoms with Gasteiger partial charge in [0.25, 0.3) is 0 Å². The molecule has 0 radical (unpaired) electrons. The molecular weight excluding hydrogens is 333 g/mol. The third-order valence-corrected chi connectivity index (χ3v) is 4.20. The number of nitrogens with zero attached hydrogens (tertiary/aromatic N) is 4. The topological polar surface area (TPSA) is 66.0 Å². The Balaban J connectivity index is 1.73. The molecule has 0 aliphatic carbocycles. The molecule has 1 atom stereocenters. The van der Waals surface area contributed by atoms with Gasteiger partial charge in [0.05, 0.1) is 5.56 Å². The molecule has 3 rings (SSSR count). The summed E-state index contributed by atoms with van der Waals surface area (Å²) in [5, 5.41) is 5.82. The lowest BCUT2D eigenvalue weighted by atomic mass is 10.2. The zero-order chi connectivity index (χ0) is 17.9. The fraction of sp³-hybridized carbons (Fsp3) is 0.438. The third-order valence-electron chi connectivity index (χ3n) is 4.20. The van der Waals surface area contributed by atoms with Crippen molar-refractivity contribution < 1.29 is 13.2 Å². The molecule has 0 amide bonds. The molecule has 0 aromatic carbocycles. The van der Waals surface area contributed by atoms with Crippen molar-refractivity contribution in [3.8, 4) is 0 Å². The number of halogens is 3. The molecule has 2 aromatic heterocycles. The molecule has 1 saturated heterocycles. The molecule has 1 unspecified atom stereocenters. The van der Waals surface area contributed by atoms with Crippen molar-refractivity contribution in [3.63, 3.8) is 0 Å². The van der Waals surface area contributed by atoms with Gasteiger partial charge in [-0.3, -0.25) is 0 Å². The molecule has 1 fully saturated rings. The second-order valence-electron chi connectivity index (χ2n) is 5.78. The van der Waals surface area contributed by atoms with Crippen LogP contribution in [-0.2, 0) is 6.18 Å². The summed E-state index contributed by atoms with van der Waals surface area (Å²) in [6.45, 7) is 1.17. The van der Waals surface area contributed by atoms with Crippen molar-refractivity contribution in [2.24, 2.45) is 0 Å². The summed E-state index contributed by atoms with van der Waals surface area (Å²) in [5.41, 5.74) is -0.751. The Labute approximate surface area is 143 Å². The Bertz CT molecular complexity index is 721. The van der Waals surface area contributed by atoms with Crippen LogP contribution in [0.2, 0.25) is 0 Å². The van der Waals surface area contributed by atoms with Gasteiger partial charge in [0.2, 0.25) is 0 Å². The maximum atomic E-state index is 13.1. The van der Waals surface area contributed by atoms with Gasteiger partial charge in [-0.1, -0.05) is 0 Å². The van der Waals surface area contributed by atoms with Gasteiger partial charge in [0.1, 0.15) is 23.8 Å². The molecule has 0 saturated carbocycles. The smallest absolute Gasteiger partial charge is 0.373 e. The molecule has 3 heterocycles. The molecule has 9 heteroatoms. The lowest BCUT2D eigenvalue weighted by Gasteiger charge is -2.26. The highest BCUT2D eigenvalue weighted by Gasteiger charge is 2.34. The fourth-order valence-corrected chi connectivity index (χ4v) is 2.98. The summed E-state index contributed by atoms with van der Waals surface area (Å²) in [6.07, 6.45) is 0.234. The van der Waals surface area contributed by atoms with Crippen LogP contribution in [0, 0.1) is 0 Å². The maximum Gasteiger partial charge on any atom is 0.419 e. The first-order valence-electron chi connectivity index (χ1n) is 8.01. The van der Waals surface area contributed by atoms with E-state index in [4.69, 9.17) is 0 Å². The van der Waals surface area contributed by atoms with Crippen molar-refractivity contribution >= 4 is 17.5 Å². The zero-order valence-corrected chi connectivity index (χ0v) is 13.7. The minimum Gasteiger partial charge on any atom is -0.373 e. The second-order valence-corrected chi connectivity index (χ2v) is 5.78. The number of rotatable bonds is 5. The van der Waals surface area contributed by atoms with E-state index in [0.717, 1.165) is 31.3 Å². The highest BCUT2D eigenvalue weighted by atomic mass is 19.4. The van der Waals surface area contributed by atoms with Crippen LogP contribution in [0.1, 0.15) is 18.4 Å². The van der Waals surface area contributed by atoms with Gasteiger partial charge in [0.15, 0.2) is 0 Å². The van der Waals surface area contributed by atoms with Crippen LogP contribution in [0.3, 0.4) is 0 Å². The van der Waals surface area contributed by atoms with Crippen molar-refractivity contribution in [3.05, 3.63) is 36.3 Å². The minimum absolute atomic E-state index is 0.0442. The highest BCUT2D eigenvalue weighted by molar-refractivity contribution is 5.51. The number of anilines is 3.